The second-order valence-electron chi connectivity index (χ2n) is 8.88. The summed E-state index contributed by atoms with van der Waals surface area (Å²) >= 11 is 0. The van der Waals surface area contributed by atoms with Crippen LogP contribution in [0.5, 0.6) is 0 Å². The molecule has 1 aliphatic heterocycles. The maximum atomic E-state index is 9.54. The number of guanidine groups is 1. The Labute approximate surface area is 177 Å². The highest BCUT2D eigenvalue weighted by molar-refractivity contribution is 5.79. The van der Waals surface area contributed by atoms with Crippen molar-refractivity contribution in [1.29, 1.82) is 0 Å². The standard InChI is InChI=1S/C24H40N4O/c1-2-25-23(27-20-24(14-17-29)12-4-3-5-13-24)26-18-21-8-10-22(11-9-21)19-28-15-6-7-16-28/h8-11,29H,2-7,12-20H2,1H3,(H2,25,26,27). The summed E-state index contributed by atoms with van der Waals surface area (Å²) in [6.45, 7) is 8.37. The highest BCUT2D eigenvalue weighted by atomic mass is 16.3. The average Bonchev–Trinajstić information content (AvgIpc) is 3.25. The molecule has 1 saturated heterocycles. The third-order valence-electron chi connectivity index (χ3n) is 6.58. The van der Waals surface area contributed by atoms with Crippen LogP contribution in [0.3, 0.4) is 0 Å². The maximum Gasteiger partial charge on any atom is 0.191 e. The minimum Gasteiger partial charge on any atom is -0.396 e. The first-order valence-electron chi connectivity index (χ1n) is 11.7. The molecule has 29 heavy (non-hydrogen) atoms. The van der Waals surface area contributed by atoms with Gasteiger partial charge in [0.1, 0.15) is 0 Å². The normalized spacial score (nSPS) is 20.0. The molecule has 0 amide bonds. The highest BCUT2D eigenvalue weighted by Gasteiger charge is 2.31. The Morgan fingerprint density at radius 1 is 1.00 bits per heavy atom. The third-order valence-corrected chi connectivity index (χ3v) is 6.58. The smallest absolute Gasteiger partial charge is 0.191 e. The molecule has 3 rings (SSSR count). The van der Waals surface area contributed by atoms with Crippen LogP contribution >= 0.6 is 0 Å². The number of nitrogens with zero attached hydrogens (tertiary/aromatic N) is 2. The minimum absolute atomic E-state index is 0.223. The Kier molecular flexibility index (Phi) is 8.81. The number of aliphatic hydroxyl groups is 1. The average molecular weight is 401 g/mol. The summed E-state index contributed by atoms with van der Waals surface area (Å²) in [5.74, 6) is 0.886. The second-order valence-corrected chi connectivity index (χ2v) is 8.88. The molecule has 0 bridgehead atoms. The molecule has 0 aromatic heterocycles. The van der Waals surface area contributed by atoms with Crippen molar-refractivity contribution in [2.75, 3.05) is 32.8 Å². The summed E-state index contributed by atoms with van der Waals surface area (Å²) in [6, 6.07) is 8.93. The number of aliphatic hydroxyl groups excluding tert-OH is 1. The van der Waals surface area contributed by atoms with Crippen LogP contribution in [-0.2, 0) is 13.1 Å². The molecule has 162 valence electrons. The van der Waals surface area contributed by atoms with E-state index in [9.17, 15) is 5.11 Å². The van der Waals surface area contributed by atoms with Crippen LogP contribution in [0, 0.1) is 5.41 Å². The number of nitrogens with one attached hydrogen (secondary N) is 2. The van der Waals surface area contributed by atoms with E-state index >= 15 is 0 Å². The first-order chi connectivity index (χ1) is 14.2. The molecular formula is C24H40N4O. The van der Waals surface area contributed by atoms with Gasteiger partial charge >= 0.3 is 0 Å². The molecule has 1 saturated carbocycles. The first-order valence-corrected chi connectivity index (χ1v) is 11.7. The van der Waals surface area contributed by atoms with Crippen LogP contribution in [0.4, 0.5) is 0 Å². The van der Waals surface area contributed by atoms with Crippen LogP contribution in [0.2, 0.25) is 0 Å². The van der Waals surface area contributed by atoms with E-state index in [0.29, 0.717) is 6.54 Å². The summed E-state index contributed by atoms with van der Waals surface area (Å²) in [7, 11) is 0. The molecule has 5 nitrogen and oxygen atoms in total. The Bertz CT molecular complexity index is 611. The van der Waals surface area contributed by atoms with E-state index in [1.807, 2.05) is 0 Å². The fourth-order valence-corrected chi connectivity index (χ4v) is 4.79. The minimum atomic E-state index is 0.223. The zero-order valence-corrected chi connectivity index (χ0v) is 18.3. The Hall–Kier alpha value is -1.59. The van der Waals surface area contributed by atoms with Crippen molar-refractivity contribution in [2.45, 2.75) is 71.4 Å². The van der Waals surface area contributed by atoms with Gasteiger partial charge in [-0.1, -0.05) is 43.5 Å². The van der Waals surface area contributed by atoms with E-state index in [1.165, 1.54) is 69.2 Å². The molecule has 2 aliphatic rings. The van der Waals surface area contributed by atoms with Crippen LogP contribution in [0.15, 0.2) is 29.3 Å². The first kappa shape index (κ1) is 22.1. The second kappa shape index (κ2) is 11.6. The molecular weight excluding hydrogens is 360 g/mol. The Balaban J connectivity index is 1.53. The number of likely N-dealkylation sites (tertiary alicyclic amines) is 1. The van der Waals surface area contributed by atoms with Gasteiger partial charge in [-0.2, -0.15) is 0 Å². The number of aliphatic imine (C=N–C) groups is 1. The molecule has 0 spiro atoms. The van der Waals surface area contributed by atoms with Gasteiger partial charge in [0.15, 0.2) is 5.96 Å². The van der Waals surface area contributed by atoms with Gasteiger partial charge in [0, 0.05) is 26.2 Å². The van der Waals surface area contributed by atoms with E-state index in [0.717, 1.165) is 32.0 Å². The molecule has 1 heterocycles. The lowest BCUT2D eigenvalue weighted by Gasteiger charge is -2.37. The fourth-order valence-electron chi connectivity index (χ4n) is 4.79. The van der Waals surface area contributed by atoms with E-state index in [1.54, 1.807) is 0 Å². The quantitative estimate of drug-likeness (QED) is 0.437. The zero-order valence-electron chi connectivity index (χ0n) is 18.3. The van der Waals surface area contributed by atoms with Crippen molar-refractivity contribution >= 4 is 5.96 Å². The predicted octanol–water partition coefficient (Wildman–Crippen LogP) is 3.67. The summed E-state index contributed by atoms with van der Waals surface area (Å²) in [6.07, 6.45) is 9.86. The zero-order chi connectivity index (χ0) is 20.4. The lowest BCUT2D eigenvalue weighted by Crippen LogP contribution is -2.44. The van der Waals surface area contributed by atoms with E-state index < -0.39 is 0 Å². The van der Waals surface area contributed by atoms with Gasteiger partial charge < -0.3 is 15.7 Å². The molecule has 0 unspecified atom stereocenters. The molecule has 2 fully saturated rings. The van der Waals surface area contributed by atoms with Crippen molar-refractivity contribution in [3.05, 3.63) is 35.4 Å². The molecule has 1 aromatic rings. The van der Waals surface area contributed by atoms with E-state index in [-0.39, 0.29) is 12.0 Å². The van der Waals surface area contributed by atoms with Gasteiger partial charge in [-0.05, 0) is 68.7 Å². The molecule has 0 atom stereocenters. The molecule has 3 N–H and O–H groups in total. The number of hydrogen-bond acceptors (Lipinski definition) is 3. The fraction of sp³-hybridized carbons (Fsp3) is 0.708. The predicted molar refractivity (Wildman–Crippen MR) is 121 cm³/mol. The number of rotatable bonds is 9. The summed E-state index contributed by atoms with van der Waals surface area (Å²) in [5, 5.41) is 16.5. The largest absolute Gasteiger partial charge is 0.396 e. The molecule has 5 heteroatoms. The van der Waals surface area contributed by atoms with Crippen molar-refractivity contribution in [1.82, 2.24) is 15.5 Å². The highest BCUT2D eigenvalue weighted by Crippen LogP contribution is 2.38. The third kappa shape index (κ3) is 7.00. The lowest BCUT2D eigenvalue weighted by atomic mass is 9.72. The van der Waals surface area contributed by atoms with Gasteiger partial charge in [0.25, 0.3) is 0 Å². The van der Waals surface area contributed by atoms with Crippen LogP contribution in [0.1, 0.15) is 69.4 Å². The van der Waals surface area contributed by atoms with Crippen LogP contribution < -0.4 is 10.6 Å². The van der Waals surface area contributed by atoms with Crippen molar-refractivity contribution in [3.63, 3.8) is 0 Å². The van der Waals surface area contributed by atoms with Crippen LogP contribution in [0.25, 0.3) is 0 Å². The van der Waals surface area contributed by atoms with Crippen molar-refractivity contribution in [2.24, 2.45) is 10.4 Å². The monoisotopic (exact) mass is 400 g/mol. The SMILES string of the molecule is CCNC(=NCc1ccc(CN2CCCC2)cc1)NCC1(CCO)CCCCC1. The molecule has 1 aromatic carbocycles. The topological polar surface area (TPSA) is 59.9 Å². The molecule has 0 radical (unpaired) electrons. The van der Waals surface area contributed by atoms with Crippen molar-refractivity contribution in [3.8, 4) is 0 Å². The van der Waals surface area contributed by atoms with E-state index in [4.69, 9.17) is 4.99 Å². The van der Waals surface area contributed by atoms with Crippen molar-refractivity contribution < 1.29 is 5.11 Å². The summed E-state index contributed by atoms with van der Waals surface area (Å²) < 4.78 is 0. The number of hydrogen-bond donors (Lipinski definition) is 3. The summed E-state index contributed by atoms with van der Waals surface area (Å²) in [4.78, 5) is 7.35. The van der Waals surface area contributed by atoms with Gasteiger partial charge in [-0.15, -0.1) is 0 Å². The Morgan fingerprint density at radius 2 is 1.69 bits per heavy atom. The van der Waals surface area contributed by atoms with Crippen LogP contribution in [-0.4, -0.2) is 48.8 Å². The maximum absolute atomic E-state index is 9.54. The van der Waals surface area contributed by atoms with Gasteiger partial charge in [-0.25, -0.2) is 4.99 Å². The van der Waals surface area contributed by atoms with Gasteiger partial charge in [-0.3, -0.25) is 4.90 Å². The number of benzene rings is 1. The van der Waals surface area contributed by atoms with Gasteiger partial charge in [0.05, 0.1) is 6.54 Å². The lowest BCUT2D eigenvalue weighted by molar-refractivity contribution is 0.131. The van der Waals surface area contributed by atoms with E-state index in [2.05, 4.69) is 46.7 Å². The van der Waals surface area contributed by atoms with Gasteiger partial charge in [0.2, 0.25) is 0 Å². The molecule has 1 aliphatic carbocycles. The summed E-state index contributed by atoms with van der Waals surface area (Å²) in [5.41, 5.74) is 2.86. The Morgan fingerprint density at radius 3 is 2.34 bits per heavy atom.